The van der Waals surface area contributed by atoms with Crippen LogP contribution in [0.4, 0.5) is 0 Å². The smallest absolute Gasteiger partial charge is 0.238 e. The minimum Gasteiger partial charge on any atom is -0.299 e. The highest BCUT2D eigenvalue weighted by atomic mass is 32.2. The van der Waals surface area contributed by atoms with Crippen LogP contribution in [0.25, 0.3) is 0 Å². The van der Waals surface area contributed by atoms with Crippen molar-refractivity contribution in [1.29, 1.82) is 0 Å². The zero-order chi connectivity index (χ0) is 14.0. The van der Waals surface area contributed by atoms with Gasteiger partial charge in [0.05, 0.1) is 5.75 Å². The van der Waals surface area contributed by atoms with E-state index < -0.39 is 10.0 Å². The van der Waals surface area contributed by atoms with Crippen molar-refractivity contribution in [3.05, 3.63) is 48.2 Å². The van der Waals surface area contributed by atoms with Gasteiger partial charge in [-0.15, -0.1) is 0 Å². The topological polar surface area (TPSA) is 40.6 Å². The van der Waals surface area contributed by atoms with Gasteiger partial charge in [0.25, 0.3) is 0 Å². The molecule has 0 radical (unpaired) electrons. The Labute approximate surface area is 120 Å². The molecule has 2 aliphatic heterocycles. The lowest BCUT2D eigenvalue weighted by Crippen LogP contribution is -2.43. The Morgan fingerprint density at radius 2 is 1.80 bits per heavy atom. The molecule has 0 bridgehead atoms. The van der Waals surface area contributed by atoms with Gasteiger partial charge in [-0.2, -0.15) is 0 Å². The summed E-state index contributed by atoms with van der Waals surface area (Å²) < 4.78 is 25.3. The van der Waals surface area contributed by atoms with Gasteiger partial charge in [-0.3, -0.25) is 9.21 Å². The summed E-state index contributed by atoms with van der Waals surface area (Å²) in [6.45, 7) is 2.87. The maximum Gasteiger partial charge on any atom is 0.238 e. The number of likely N-dealkylation sites (tertiary alicyclic amines) is 1. The summed E-state index contributed by atoms with van der Waals surface area (Å²) in [5.41, 5.74) is 1.32. The number of rotatable bonds is 3. The maximum absolute atomic E-state index is 11.9. The normalized spacial score (nSPS) is 23.3. The van der Waals surface area contributed by atoms with E-state index >= 15 is 0 Å². The van der Waals surface area contributed by atoms with Gasteiger partial charge in [-0.05, 0) is 18.4 Å². The molecule has 0 aromatic heterocycles. The molecule has 20 heavy (non-hydrogen) atoms. The number of hydrogen-bond donors (Lipinski definition) is 0. The number of hydrogen-bond acceptors (Lipinski definition) is 3. The highest BCUT2D eigenvalue weighted by molar-refractivity contribution is 7.89. The van der Waals surface area contributed by atoms with Gasteiger partial charge in [0.15, 0.2) is 0 Å². The molecule has 3 rings (SSSR count). The SMILES string of the molecule is O=S1(=O)CC=CN1C1CCN(Cc2ccccc2)CC1. The van der Waals surface area contributed by atoms with Crippen LogP contribution in [0.1, 0.15) is 18.4 Å². The highest BCUT2D eigenvalue weighted by Crippen LogP contribution is 2.24. The van der Waals surface area contributed by atoms with E-state index in [1.165, 1.54) is 5.56 Å². The summed E-state index contributed by atoms with van der Waals surface area (Å²) in [7, 11) is -3.06. The second-order valence-electron chi connectivity index (χ2n) is 5.49. The fourth-order valence-electron chi connectivity index (χ4n) is 2.97. The summed E-state index contributed by atoms with van der Waals surface area (Å²) in [5, 5.41) is 0. The molecule has 0 atom stereocenters. The van der Waals surface area contributed by atoms with Crippen LogP contribution in [0.15, 0.2) is 42.6 Å². The summed E-state index contributed by atoms with van der Waals surface area (Å²) in [4.78, 5) is 2.40. The van der Waals surface area contributed by atoms with Crippen LogP contribution in [0, 0.1) is 0 Å². The van der Waals surface area contributed by atoms with E-state index in [4.69, 9.17) is 0 Å². The summed E-state index contributed by atoms with van der Waals surface area (Å²) in [5.74, 6) is 0.164. The second-order valence-corrected chi connectivity index (χ2v) is 7.40. The van der Waals surface area contributed by atoms with E-state index in [-0.39, 0.29) is 11.8 Å². The fourth-order valence-corrected chi connectivity index (χ4v) is 4.41. The molecule has 0 saturated carbocycles. The molecular formula is C15H20N2O2S. The van der Waals surface area contributed by atoms with Gasteiger partial charge in [-0.25, -0.2) is 8.42 Å². The second kappa shape index (κ2) is 5.58. The Morgan fingerprint density at radius 3 is 2.40 bits per heavy atom. The quantitative estimate of drug-likeness (QED) is 0.853. The van der Waals surface area contributed by atoms with Crippen LogP contribution in [-0.2, 0) is 16.6 Å². The van der Waals surface area contributed by atoms with Crippen molar-refractivity contribution in [2.45, 2.75) is 25.4 Å². The van der Waals surface area contributed by atoms with Gasteiger partial charge in [0.1, 0.15) is 0 Å². The van der Waals surface area contributed by atoms with E-state index in [1.807, 2.05) is 6.07 Å². The largest absolute Gasteiger partial charge is 0.299 e. The van der Waals surface area contributed by atoms with Crippen molar-refractivity contribution in [2.75, 3.05) is 18.8 Å². The van der Waals surface area contributed by atoms with Gasteiger partial charge >= 0.3 is 0 Å². The Morgan fingerprint density at radius 1 is 1.10 bits per heavy atom. The molecule has 5 heteroatoms. The highest BCUT2D eigenvalue weighted by Gasteiger charge is 2.32. The Bertz CT molecular complexity index is 575. The Hall–Kier alpha value is -1.33. The molecule has 2 aliphatic rings. The molecule has 4 nitrogen and oxygen atoms in total. The lowest BCUT2D eigenvalue weighted by molar-refractivity contribution is 0.171. The van der Waals surface area contributed by atoms with Crippen molar-refractivity contribution < 1.29 is 8.42 Å². The predicted molar refractivity (Wildman–Crippen MR) is 79.5 cm³/mol. The molecule has 2 heterocycles. The first-order valence-electron chi connectivity index (χ1n) is 7.09. The van der Waals surface area contributed by atoms with E-state index in [0.29, 0.717) is 0 Å². The van der Waals surface area contributed by atoms with Crippen molar-refractivity contribution in [3.63, 3.8) is 0 Å². The maximum atomic E-state index is 11.9. The molecule has 1 aromatic carbocycles. The number of piperidine rings is 1. The summed E-state index contributed by atoms with van der Waals surface area (Å²) in [6, 6.07) is 10.6. The van der Waals surface area contributed by atoms with Crippen LogP contribution < -0.4 is 0 Å². The first kappa shape index (κ1) is 13.6. The van der Waals surface area contributed by atoms with Gasteiger partial charge in [0, 0.05) is 31.9 Å². The molecule has 108 valence electrons. The zero-order valence-corrected chi connectivity index (χ0v) is 12.3. The number of sulfonamides is 1. The predicted octanol–water partition coefficient (Wildman–Crippen LogP) is 1.81. The van der Waals surface area contributed by atoms with Crippen molar-refractivity contribution in [2.24, 2.45) is 0 Å². The molecule has 0 unspecified atom stereocenters. The molecule has 0 aliphatic carbocycles. The lowest BCUT2D eigenvalue weighted by Gasteiger charge is -2.36. The minimum absolute atomic E-state index is 0.144. The van der Waals surface area contributed by atoms with E-state index in [2.05, 4.69) is 29.2 Å². The van der Waals surface area contributed by atoms with E-state index in [1.54, 1.807) is 16.6 Å². The third-order valence-corrected chi connectivity index (χ3v) is 5.72. The zero-order valence-electron chi connectivity index (χ0n) is 11.5. The van der Waals surface area contributed by atoms with Crippen LogP contribution in [0.3, 0.4) is 0 Å². The molecule has 0 spiro atoms. The lowest BCUT2D eigenvalue weighted by atomic mass is 10.0. The average Bonchev–Trinajstić information content (AvgIpc) is 2.80. The summed E-state index contributed by atoms with van der Waals surface area (Å²) in [6.07, 6.45) is 5.31. The first-order chi connectivity index (χ1) is 9.65. The molecule has 1 saturated heterocycles. The van der Waals surface area contributed by atoms with Crippen molar-refractivity contribution in [1.82, 2.24) is 9.21 Å². The van der Waals surface area contributed by atoms with E-state index in [0.717, 1.165) is 32.5 Å². The Balaban J connectivity index is 1.56. The van der Waals surface area contributed by atoms with E-state index in [9.17, 15) is 8.42 Å². The molecule has 0 amide bonds. The average molecular weight is 292 g/mol. The minimum atomic E-state index is -3.06. The van der Waals surface area contributed by atoms with Crippen LogP contribution in [0.2, 0.25) is 0 Å². The Kier molecular flexibility index (Phi) is 3.81. The van der Waals surface area contributed by atoms with Crippen LogP contribution >= 0.6 is 0 Å². The molecule has 1 fully saturated rings. The standard InChI is InChI=1S/C15H20N2O2S/c18-20(19)12-4-9-17(20)15-7-10-16(11-8-15)13-14-5-2-1-3-6-14/h1-6,9,15H,7-8,10-13H2. The van der Waals surface area contributed by atoms with Gasteiger partial charge in [0.2, 0.25) is 10.0 Å². The monoisotopic (exact) mass is 292 g/mol. The van der Waals surface area contributed by atoms with Crippen molar-refractivity contribution in [3.8, 4) is 0 Å². The van der Waals surface area contributed by atoms with Crippen LogP contribution in [-0.4, -0.2) is 42.5 Å². The van der Waals surface area contributed by atoms with Crippen LogP contribution in [0.5, 0.6) is 0 Å². The molecule has 1 aromatic rings. The van der Waals surface area contributed by atoms with Gasteiger partial charge < -0.3 is 0 Å². The van der Waals surface area contributed by atoms with Crippen molar-refractivity contribution >= 4 is 10.0 Å². The summed E-state index contributed by atoms with van der Waals surface area (Å²) >= 11 is 0. The molecule has 0 N–H and O–H groups in total. The third-order valence-electron chi connectivity index (χ3n) is 4.05. The van der Waals surface area contributed by atoms with Gasteiger partial charge in [-0.1, -0.05) is 36.4 Å². The fraction of sp³-hybridized carbons (Fsp3) is 0.467. The first-order valence-corrected chi connectivity index (χ1v) is 8.70. The number of nitrogens with zero attached hydrogens (tertiary/aromatic N) is 2. The number of benzene rings is 1. The third kappa shape index (κ3) is 2.88. The molecular weight excluding hydrogens is 272 g/mol.